The van der Waals surface area contributed by atoms with E-state index in [1.165, 1.54) is 11.1 Å². The molecule has 1 aromatic heterocycles. The lowest BCUT2D eigenvalue weighted by molar-refractivity contribution is -0.149. The molecule has 1 aromatic carbocycles. The molecule has 1 fully saturated rings. The van der Waals surface area contributed by atoms with Crippen LogP contribution in [0.1, 0.15) is 30.9 Å². The number of carbonyl (C=O) groups excluding carboxylic acids is 1. The van der Waals surface area contributed by atoms with Crippen molar-refractivity contribution in [1.82, 2.24) is 20.0 Å². The Kier molecular flexibility index (Phi) is 9.43. The second-order valence-corrected chi connectivity index (χ2v) is 6.96. The van der Waals surface area contributed by atoms with Crippen LogP contribution in [0, 0.1) is 5.92 Å². The van der Waals surface area contributed by atoms with E-state index >= 15 is 0 Å². The van der Waals surface area contributed by atoms with E-state index in [1.54, 1.807) is 13.2 Å². The molecule has 0 saturated carbocycles. The first kappa shape index (κ1) is 23.2. The first-order chi connectivity index (χ1) is 13.7. The van der Waals surface area contributed by atoms with Crippen LogP contribution in [0.5, 0.6) is 0 Å². The number of aliphatic imine (C=N–C) groups is 1. The van der Waals surface area contributed by atoms with Crippen LogP contribution in [-0.2, 0) is 22.6 Å². The number of aromatic nitrogens is 2. The summed E-state index contributed by atoms with van der Waals surface area (Å²) in [7, 11) is 1.78. The van der Waals surface area contributed by atoms with Crippen LogP contribution in [0.15, 0.2) is 47.7 Å². The zero-order valence-corrected chi connectivity index (χ0v) is 19.4. The number of piperidine rings is 1. The minimum absolute atomic E-state index is 0. The van der Waals surface area contributed by atoms with Crippen LogP contribution in [0.25, 0.3) is 0 Å². The first-order valence-electron chi connectivity index (χ1n) is 9.87. The SMILES string of the molecule is CCOC(=O)C1CCCN(C(=NC)NCc2cccc(Cn3cccn3)c2)C1.I. The lowest BCUT2D eigenvalue weighted by atomic mass is 9.98. The van der Waals surface area contributed by atoms with Gasteiger partial charge in [0.25, 0.3) is 0 Å². The number of guanidine groups is 1. The predicted octanol–water partition coefficient (Wildman–Crippen LogP) is 2.90. The van der Waals surface area contributed by atoms with Crippen molar-refractivity contribution in [1.29, 1.82) is 0 Å². The summed E-state index contributed by atoms with van der Waals surface area (Å²) in [6.45, 7) is 5.26. The molecule has 1 atom stereocenters. The van der Waals surface area contributed by atoms with Crippen LogP contribution >= 0.6 is 24.0 Å². The Hall–Kier alpha value is -2.10. The highest BCUT2D eigenvalue weighted by molar-refractivity contribution is 14.0. The summed E-state index contributed by atoms with van der Waals surface area (Å²) in [6.07, 6.45) is 5.59. The predicted molar refractivity (Wildman–Crippen MR) is 124 cm³/mol. The standard InChI is InChI=1S/C21H29N5O2.HI/c1-3-28-20(27)19-9-5-11-25(16-19)21(22-2)23-14-17-7-4-8-18(13-17)15-26-12-6-10-24-26;/h4,6-8,10,12-13,19H,3,5,9,11,14-16H2,1-2H3,(H,22,23);1H. The van der Waals surface area contributed by atoms with E-state index in [9.17, 15) is 4.79 Å². The third-order valence-electron chi connectivity index (χ3n) is 4.90. The number of rotatable bonds is 6. The molecular formula is C21H30IN5O2. The van der Waals surface area contributed by atoms with E-state index < -0.39 is 0 Å². The molecule has 1 aliphatic heterocycles. The van der Waals surface area contributed by atoms with Crippen LogP contribution < -0.4 is 5.32 Å². The highest BCUT2D eigenvalue weighted by atomic mass is 127. The number of esters is 1. The number of nitrogens with one attached hydrogen (secondary N) is 1. The van der Waals surface area contributed by atoms with Crippen molar-refractivity contribution in [3.8, 4) is 0 Å². The van der Waals surface area contributed by atoms with E-state index in [0.717, 1.165) is 31.9 Å². The van der Waals surface area contributed by atoms with Crippen molar-refractivity contribution in [2.45, 2.75) is 32.9 Å². The van der Waals surface area contributed by atoms with Gasteiger partial charge >= 0.3 is 5.97 Å². The van der Waals surface area contributed by atoms with Gasteiger partial charge in [0.2, 0.25) is 0 Å². The van der Waals surface area contributed by atoms with Gasteiger partial charge in [-0.25, -0.2) is 0 Å². The van der Waals surface area contributed by atoms with Gasteiger partial charge in [0.05, 0.1) is 19.1 Å². The van der Waals surface area contributed by atoms with Gasteiger partial charge < -0.3 is 15.0 Å². The van der Waals surface area contributed by atoms with Crippen molar-refractivity contribution in [2.24, 2.45) is 10.9 Å². The molecule has 0 bridgehead atoms. The molecule has 0 aliphatic carbocycles. The average Bonchev–Trinajstić information content (AvgIpc) is 3.22. The second-order valence-electron chi connectivity index (χ2n) is 6.96. The van der Waals surface area contributed by atoms with E-state index in [1.807, 2.05) is 23.9 Å². The molecule has 3 rings (SSSR count). The fourth-order valence-electron chi connectivity index (χ4n) is 3.55. The number of benzene rings is 1. The van der Waals surface area contributed by atoms with Gasteiger partial charge in [-0.2, -0.15) is 5.10 Å². The van der Waals surface area contributed by atoms with Gasteiger partial charge in [0.15, 0.2) is 5.96 Å². The molecule has 2 heterocycles. The summed E-state index contributed by atoms with van der Waals surface area (Å²) in [6, 6.07) is 10.4. The molecule has 7 nitrogen and oxygen atoms in total. The number of carbonyl (C=O) groups is 1. The number of hydrogen-bond donors (Lipinski definition) is 1. The zero-order chi connectivity index (χ0) is 19.8. The van der Waals surface area contributed by atoms with Crippen LogP contribution in [0.4, 0.5) is 0 Å². The van der Waals surface area contributed by atoms with Crippen LogP contribution in [-0.4, -0.2) is 53.4 Å². The van der Waals surface area contributed by atoms with E-state index in [4.69, 9.17) is 4.74 Å². The van der Waals surface area contributed by atoms with Crippen molar-refractivity contribution < 1.29 is 9.53 Å². The second kappa shape index (κ2) is 11.8. The molecule has 158 valence electrons. The summed E-state index contributed by atoms with van der Waals surface area (Å²) in [4.78, 5) is 18.7. The quantitative estimate of drug-likeness (QED) is 0.280. The number of ether oxygens (including phenoxy) is 1. The molecule has 1 unspecified atom stereocenters. The maximum Gasteiger partial charge on any atom is 0.310 e. The largest absolute Gasteiger partial charge is 0.466 e. The maximum atomic E-state index is 12.1. The summed E-state index contributed by atoms with van der Waals surface area (Å²) < 4.78 is 7.11. The normalized spacial score (nSPS) is 16.8. The minimum atomic E-state index is -0.103. The van der Waals surface area contributed by atoms with Gasteiger partial charge in [-0.15, -0.1) is 24.0 Å². The lowest BCUT2D eigenvalue weighted by Crippen LogP contribution is -2.48. The third kappa shape index (κ3) is 6.73. The summed E-state index contributed by atoms with van der Waals surface area (Å²) in [5.74, 6) is 0.644. The smallest absolute Gasteiger partial charge is 0.310 e. The van der Waals surface area contributed by atoms with E-state index in [-0.39, 0.29) is 35.9 Å². The Labute approximate surface area is 189 Å². The Bertz CT molecular complexity index is 794. The topological polar surface area (TPSA) is 71.8 Å². The highest BCUT2D eigenvalue weighted by Gasteiger charge is 2.28. The minimum Gasteiger partial charge on any atom is -0.466 e. The summed E-state index contributed by atoms with van der Waals surface area (Å²) >= 11 is 0. The fourth-order valence-corrected chi connectivity index (χ4v) is 3.55. The first-order valence-corrected chi connectivity index (χ1v) is 9.87. The molecule has 0 radical (unpaired) electrons. The Balaban J connectivity index is 0.00000300. The number of halogens is 1. The molecule has 8 heteroatoms. The van der Waals surface area contributed by atoms with Crippen LogP contribution in [0.2, 0.25) is 0 Å². The molecule has 0 spiro atoms. The lowest BCUT2D eigenvalue weighted by Gasteiger charge is -2.34. The van der Waals surface area contributed by atoms with Gasteiger partial charge in [-0.05, 0) is 37.0 Å². The van der Waals surface area contributed by atoms with Crippen molar-refractivity contribution in [3.05, 3.63) is 53.9 Å². The fraction of sp³-hybridized carbons (Fsp3) is 0.476. The van der Waals surface area contributed by atoms with Crippen molar-refractivity contribution in [3.63, 3.8) is 0 Å². The van der Waals surface area contributed by atoms with Crippen LogP contribution in [0.3, 0.4) is 0 Å². The third-order valence-corrected chi connectivity index (χ3v) is 4.90. The molecule has 1 aliphatic rings. The zero-order valence-electron chi connectivity index (χ0n) is 17.1. The number of nitrogens with zero attached hydrogens (tertiary/aromatic N) is 4. The molecule has 29 heavy (non-hydrogen) atoms. The maximum absolute atomic E-state index is 12.1. The van der Waals surface area contributed by atoms with E-state index in [0.29, 0.717) is 19.7 Å². The number of hydrogen-bond acceptors (Lipinski definition) is 4. The summed E-state index contributed by atoms with van der Waals surface area (Å²) in [5.41, 5.74) is 2.39. The van der Waals surface area contributed by atoms with Gasteiger partial charge in [0, 0.05) is 39.1 Å². The van der Waals surface area contributed by atoms with Gasteiger partial charge in [-0.3, -0.25) is 14.5 Å². The Morgan fingerprint density at radius 3 is 2.90 bits per heavy atom. The van der Waals surface area contributed by atoms with Crippen molar-refractivity contribution in [2.75, 3.05) is 26.7 Å². The van der Waals surface area contributed by atoms with Gasteiger partial charge in [0.1, 0.15) is 0 Å². The van der Waals surface area contributed by atoms with E-state index in [2.05, 4.69) is 44.6 Å². The molecule has 1 N–H and O–H groups in total. The van der Waals surface area contributed by atoms with Gasteiger partial charge in [-0.1, -0.05) is 24.3 Å². The average molecular weight is 511 g/mol. The number of likely N-dealkylation sites (tertiary alicyclic amines) is 1. The molecule has 2 aromatic rings. The summed E-state index contributed by atoms with van der Waals surface area (Å²) in [5, 5.41) is 7.70. The Morgan fingerprint density at radius 2 is 2.17 bits per heavy atom. The van der Waals surface area contributed by atoms with Crippen molar-refractivity contribution >= 4 is 35.9 Å². The molecule has 1 saturated heterocycles. The Morgan fingerprint density at radius 1 is 1.34 bits per heavy atom. The highest BCUT2D eigenvalue weighted by Crippen LogP contribution is 2.18. The molecule has 0 amide bonds. The monoisotopic (exact) mass is 511 g/mol. The molecular weight excluding hydrogens is 481 g/mol.